The first kappa shape index (κ1) is 16.0. The van der Waals surface area contributed by atoms with Crippen LogP contribution in [0, 0.1) is 6.92 Å². The summed E-state index contributed by atoms with van der Waals surface area (Å²) in [4.78, 5) is 11.2. The predicted molar refractivity (Wildman–Crippen MR) is 82.8 cm³/mol. The lowest BCUT2D eigenvalue weighted by Gasteiger charge is -2.42. The van der Waals surface area contributed by atoms with Crippen molar-refractivity contribution in [2.75, 3.05) is 31.1 Å². The van der Waals surface area contributed by atoms with Gasteiger partial charge in [0.25, 0.3) is 0 Å². The summed E-state index contributed by atoms with van der Waals surface area (Å²) in [5, 5.41) is 0. The zero-order chi connectivity index (χ0) is 15.5. The van der Waals surface area contributed by atoms with Crippen molar-refractivity contribution in [3.63, 3.8) is 0 Å². The molecule has 1 fully saturated rings. The Morgan fingerprint density at radius 3 is 2.90 bits per heavy atom. The van der Waals surface area contributed by atoms with Gasteiger partial charge in [0, 0.05) is 31.4 Å². The third-order valence-corrected chi connectivity index (χ3v) is 3.30. The van der Waals surface area contributed by atoms with Crippen LogP contribution in [0.1, 0.15) is 32.9 Å². The van der Waals surface area contributed by atoms with Crippen LogP contribution < -0.4 is 15.4 Å². The molecule has 0 bridgehead atoms. The Hall–Kier alpha value is -1.40. The highest BCUT2D eigenvalue weighted by Gasteiger charge is 2.34. The molecule has 1 aliphatic rings. The minimum atomic E-state index is -0.264. The third-order valence-electron chi connectivity index (χ3n) is 3.30. The second-order valence-electron chi connectivity index (χ2n) is 6.11. The van der Waals surface area contributed by atoms with E-state index in [9.17, 15) is 0 Å². The molecule has 2 rings (SSSR count). The second kappa shape index (κ2) is 6.58. The van der Waals surface area contributed by atoms with Gasteiger partial charge in [-0.25, -0.2) is 4.98 Å². The molecule has 1 atom stereocenters. The van der Waals surface area contributed by atoms with Crippen LogP contribution in [0.4, 0.5) is 5.95 Å². The summed E-state index contributed by atoms with van der Waals surface area (Å²) in [6.45, 7) is 10.7. The van der Waals surface area contributed by atoms with Crippen LogP contribution in [0.15, 0.2) is 6.07 Å². The van der Waals surface area contributed by atoms with Gasteiger partial charge in [-0.2, -0.15) is 4.98 Å². The van der Waals surface area contributed by atoms with Crippen molar-refractivity contribution in [2.24, 2.45) is 5.73 Å². The number of hydrogen-bond acceptors (Lipinski definition) is 6. The Bertz CT molecular complexity index is 479. The van der Waals surface area contributed by atoms with E-state index in [1.807, 2.05) is 13.0 Å². The number of aromatic nitrogens is 2. The maximum Gasteiger partial charge on any atom is 0.229 e. The predicted octanol–water partition coefficient (Wildman–Crippen LogP) is 1.52. The van der Waals surface area contributed by atoms with E-state index in [1.54, 1.807) is 0 Å². The van der Waals surface area contributed by atoms with Gasteiger partial charge >= 0.3 is 0 Å². The van der Waals surface area contributed by atoms with Gasteiger partial charge in [0.05, 0.1) is 18.3 Å². The summed E-state index contributed by atoms with van der Waals surface area (Å²) in [6.07, 6.45) is 0.955. The van der Waals surface area contributed by atoms with Crippen LogP contribution in [0.25, 0.3) is 0 Å². The van der Waals surface area contributed by atoms with Gasteiger partial charge in [-0.1, -0.05) is 6.92 Å². The van der Waals surface area contributed by atoms with Crippen LogP contribution in [-0.2, 0) is 4.74 Å². The number of anilines is 1. The SMILES string of the molecule is CCCOc1cc(C)nc(N2CC(CN)OC(C)(C)C2)n1. The first-order valence-corrected chi connectivity index (χ1v) is 7.55. The molecule has 6 nitrogen and oxygen atoms in total. The summed E-state index contributed by atoms with van der Waals surface area (Å²) in [6, 6.07) is 1.87. The highest BCUT2D eigenvalue weighted by molar-refractivity contribution is 5.36. The Morgan fingerprint density at radius 1 is 1.48 bits per heavy atom. The molecule has 2 heterocycles. The smallest absolute Gasteiger partial charge is 0.229 e. The van der Waals surface area contributed by atoms with Crippen LogP contribution in [0.5, 0.6) is 5.88 Å². The van der Waals surface area contributed by atoms with Crippen molar-refractivity contribution in [1.82, 2.24) is 9.97 Å². The van der Waals surface area contributed by atoms with Crippen molar-refractivity contribution in [3.8, 4) is 5.88 Å². The molecule has 0 aromatic carbocycles. The van der Waals surface area contributed by atoms with E-state index in [0.717, 1.165) is 18.7 Å². The van der Waals surface area contributed by atoms with E-state index < -0.39 is 0 Å². The lowest BCUT2D eigenvalue weighted by molar-refractivity contribution is -0.0792. The van der Waals surface area contributed by atoms with Crippen molar-refractivity contribution in [1.29, 1.82) is 0 Å². The summed E-state index contributed by atoms with van der Waals surface area (Å²) in [5.41, 5.74) is 6.41. The zero-order valence-corrected chi connectivity index (χ0v) is 13.4. The maximum atomic E-state index is 5.95. The molecule has 118 valence electrons. The molecule has 0 spiro atoms. The highest BCUT2D eigenvalue weighted by atomic mass is 16.5. The summed E-state index contributed by atoms with van der Waals surface area (Å²) >= 11 is 0. The number of aryl methyl sites for hydroxylation is 1. The van der Waals surface area contributed by atoms with Gasteiger partial charge in [-0.3, -0.25) is 0 Å². The topological polar surface area (TPSA) is 73.5 Å². The number of nitrogens with zero attached hydrogens (tertiary/aromatic N) is 3. The van der Waals surface area contributed by atoms with Gasteiger partial charge in [-0.15, -0.1) is 0 Å². The molecular weight excluding hydrogens is 268 g/mol. The largest absolute Gasteiger partial charge is 0.478 e. The quantitative estimate of drug-likeness (QED) is 0.887. The third kappa shape index (κ3) is 4.28. The molecule has 0 aliphatic carbocycles. The summed E-state index contributed by atoms with van der Waals surface area (Å²) in [5.74, 6) is 1.32. The molecule has 1 aliphatic heterocycles. The summed E-state index contributed by atoms with van der Waals surface area (Å²) in [7, 11) is 0. The molecule has 2 N–H and O–H groups in total. The van der Waals surface area contributed by atoms with E-state index in [1.165, 1.54) is 0 Å². The Balaban J connectivity index is 2.21. The molecule has 1 unspecified atom stereocenters. The van der Waals surface area contributed by atoms with Crippen molar-refractivity contribution in [3.05, 3.63) is 11.8 Å². The standard InChI is InChI=1S/C15H26N4O2/c1-5-6-20-13-7-11(2)17-14(18-13)19-9-12(8-16)21-15(3,4)10-19/h7,12H,5-6,8-10,16H2,1-4H3. The van der Waals surface area contributed by atoms with Gasteiger partial charge in [0.1, 0.15) is 0 Å². The fourth-order valence-corrected chi connectivity index (χ4v) is 2.52. The molecule has 1 aromatic heterocycles. The minimum Gasteiger partial charge on any atom is -0.478 e. The fourth-order valence-electron chi connectivity index (χ4n) is 2.52. The minimum absolute atomic E-state index is 0.00197. The number of ether oxygens (including phenoxy) is 2. The van der Waals surface area contributed by atoms with Crippen LogP contribution in [-0.4, -0.2) is 47.9 Å². The van der Waals surface area contributed by atoms with Gasteiger partial charge < -0.3 is 20.1 Å². The number of rotatable bonds is 5. The fraction of sp³-hybridized carbons (Fsp3) is 0.733. The van der Waals surface area contributed by atoms with E-state index in [-0.39, 0.29) is 11.7 Å². The van der Waals surface area contributed by atoms with Crippen molar-refractivity contribution >= 4 is 5.95 Å². The molecule has 1 aromatic rings. The van der Waals surface area contributed by atoms with Crippen LogP contribution in [0.3, 0.4) is 0 Å². The molecule has 6 heteroatoms. The molecule has 1 saturated heterocycles. The maximum absolute atomic E-state index is 5.95. The molecular formula is C15H26N4O2. The first-order chi connectivity index (χ1) is 9.93. The molecule has 0 amide bonds. The Morgan fingerprint density at radius 2 is 2.24 bits per heavy atom. The Kier molecular flexibility index (Phi) is 5.00. The van der Waals surface area contributed by atoms with E-state index in [2.05, 4.69) is 35.6 Å². The van der Waals surface area contributed by atoms with E-state index in [0.29, 0.717) is 31.5 Å². The van der Waals surface area contributed by atoms with E-state index in [4.69, 9.17) is 15.2 Å². The average molecular weight is 294 g/mol. The molecule has 21 heavy (non-hydrogen) atoms. The summed E-state index contributed by atoms with van der Waals surface area (Å²) < 4.78 is 11.6. The lowest BCUT2D eigenvalue weighted by atomic mass is 10.1. The lowest BCUT2D eigenvalue weighted by Crippen LogP contribution is -2.55. The van der Waals surface area contributed by atoms with Gasteiger partial charge in [-0.05, 0) is 27.2 Å². The normalized spacial score (nSPS) is 21.4. The van der Waals surface area contributed by atoms with Crippen molar-refractivity contribution < 1.29 is 9.47 Å². The number of nitrogens with two attached hydrogens (primary N) is 1. The van der Waals surface area contributed by atoms with Crippen molar-refractivity contribution in [2.45, 2.75) is 45.8 Å². The molecule has 0 radical (unpaired) electrons. The number of morpholine rings is 1. The number of hydrogen-bond donors (Lipinski definition) is 1. The van der Waals surface area contributed by atoms with E-state index >= 15 is 0 Å². The highest BCUT2D eigenvalue weighted by Crippen LogP contribution is 2.25. The van der Waals surface area contributed by atoms with Gasteiger partial charge in [0.2, 0.25) is 11.8 Å². The molecule has 0 saturated carbocycles. The zero-order valence-electron chi connectivity index (χ0n) is 13.4. The average Bonchev–Trinajstić information content (AvgIpc) is 2.42. The monoisotopic (exact) mass is 294 g/mol. The second-order valence-corrected chi connectivity index (χ2v) is 6.11. The van der Waals surface area contributed by atoms with Gasteiger partial charge in [0.15, 0.2) is 0 Å². The van der Waals surface area contributed by atoms with Crippen LogP contribution >= 0.6 is 0 Å². The first-order valence-electron chi connectivity index (χ1n) is 7.55. The van der Waals surface area contributed by atoms with Crippen LogP contribution in [0.2, 0.25) is 0 Å². The Labute approximate surface area is 126 Å².